The molecule has 2 N–H and O–H groups in total. The molecule has 1 heterocycles. The molecule has 0 spiro atoms. The van der Waals surface area contributed by atoms with E-state index in [1.54, 1.807) is 13.0 Å². The summed E-state index contributed by atoms with van der Waals surface area (Å²) in [6, 6.07) is 14.0. The second-order valence-corrected chi connectivity index (χ2v) is 7.66. The molecule has 10 heteroatoms. The third-order valence-electron chi connectivity index (χ3n) is 3.46. The standard InChI is InChI=1S/C17H15N5O3S2/c1-11-7-8-13(22(24)25)9-14(11)19-15(23)10-26-17-21-20-16(27-17)18-12-5-3-2-4-6-12/h2-9H,10H2,1H3,(H,18,20)(H,19,23). The predicted molar refractivity (Wildman–Crippen MR) is 107 cm³/mol. The normalized spacial score (nSPS) is 10.4. The number of nitrogens with one attached hydrogen (secondary N) is 2. The molecule has 0 aliphatic heterocycles. The number of hydrogen-bond acceptors (Lipinski definition) is 8. The third-order valence-corrected chi connectivity index (χ3v) is 5.44. The number of thioether (sulfide) groups is 1. The molecule has 1 amide bonds. The fourth-order valence-corrected chi connectivity index (χ4v) is 3.71. The van der Waals surface area contributed by atoms with Crippen LogP contribution in [0.2, 0.25) is 0 Å². The number of rotatable bonds is 7. The maximum Gasteiger partial charge on any atom is 0.271 e. The van der Waals surface area contributed by atoms with E-state index >= 15 is 0 Å². The van der Waals surface area contributed by atoms with Crippen LogP contribution in [0.25, 0.3) is 0 Å². The molecule has 2 aromatic carbocycles. The summed E-state index contributed by atoms with van der Waals surface area (Å²) in [5.74, 6) is -0.140. The maximum atomic E-state index is 12.2. The molecule has 3 rings (SSSR count). The van der Waals surface area contributed by atoms with Crippen LogP contribution in [0.1, 0.15) is 5.56 Å². The lowest BCUT2D eigenvalue weighted by Gasteiger charge is -2.07. The number of carbonyl (C=O) groups excluding carboxylic acids is 1. The molecule has 0 aliphatic carbocycles. The Morgan fingerprint density at radius 1 is 1.22 bits per heavy atom. The van der Waals surface area contributed by atoms with Crippen molar-refractivity contribution in [2.45, 2.75) is 11.3 Å². The van der Waals surface area contributed by atoms with E-state index in [9.17, 15) is 14.9 Å². The van der Waals surface area contributed by atoms with Crippen molar-refractivity contribution < 1.29 is 9.72 Å². The highest BCUT2D eigenvalue weighted by Crippen LogP contribution is 2.28. The van der Waals surface area contributed by atoms with Gasteiger partial charge in [-0.25, -0.2) is 0 Å². The number of aromatic nitrogens is 2. The summed E-state index contributed by atoms with van der Waals surface area (Å²) < 4.78 is 0.652. The number of hydrogen-bond donors (Lipinski definition) is 2. The predicted octanol–water partition coefficient (Wildman–Crippen LogP) is 4.23. The minimum absolute atomic E-state index is 0.0655. The number of nitro groups is 1. The van der Waals surface area contributed by atoms with E-state index in [-0.39, 0.29) is 17.3 Å². The van der Waals surface area contributed by atoms with Crippen LogP contribution in [0, 0.1) is 17.0 Å². The molecule has 27 heavy (non-hydrogen) atoms. The summed E-state index contributed by atoms with van der Waals surface area (Å²) in [5, 5.41) is 25.4. The molecule has 0 aliphatic rings. The fraction of sp³-hybridized carbons (Fsp3) is 0.118. The van der Waals surface area contributed by atoms with Gasteiger partial charge < -0.3 is 10.6 Å². The van der Waals surface area contributed by atoms with Gasteiger partial charge in [0, 0.05) is 17.8 Å². The Morgan fingerprint density at radius 2 is 2.00 bits per heavy atom. The molecule has 8 nitrogen and oxygen atoms in total. The summed E-state index contributed by atoms with van der Waals surface area (Å²) in [6.07, 6.45) is 0. The van der Waals surface area contributed by atoms with Crippen LogP contribution in [0.5, 0.6) is 0 Å². The van der Waals surface area contributed by atoms with Gasteiger partial charge in [0.05, 0.1) is 16.4 Å². The van der Waals surface area contributed by atoms with Crippen LogP contribution in [0.15, 0.2) is 52.9 Å². The third kappa shape index (κ3) is 5.25. The van der Waals surface area contributed by atoms with Gasteiger partial charge in [-0.2, -0.15) is 0 Å². The van der Waals surface area contributed by atoms with Gasteiger partial charge in [-0.3, -0.25) is 14.9 Å². The Bertz CT molecular complexity index is 962. The van der Waals surface area contributed by atoms with Gasteiger partial charge in [-0.1, -0.05) is 47.4 Å². The summed E-state index contributed by atoms with van der Waals surface area (Å²) in [6.45, 7) is 1.78. The molecular weight excluding hydrogens is 386 g/mol. The average molecular weight is 401 g/mol. The summed E-state index contributed by atoms with van der Waals surface area (Å²) >= 11 is 2.60. The van der Waals surface area contributed by atoms with Crippen molar-refractivity contribution in [3.63, 3.8) is 0 Å². The number of benzene rings is 2. The molecule has 0 unspecified atom stereocenters. The minimum atomic E-state index is -0.494. The Labute approximate surface area is 163 Å². The Hall–Kier alpha value is -2.98. The van der Waals surface area contributed by atoms with Crippen molar-refractivity contribution in [1.82, 2.24) is 10.2 Å². The van der Waals surface area contributed by atoms with Crippen molar-refractivity contribution in [3.8, 4) is 0 Å². The largest absolute Gasteiger partial charge is 0.330 e. The van der Waals surface area contributed by atoms with Gasteiger partial charge in [-0.05, 0) is 24.6 Å². The van der Waals surface area contributed by atoms with Crippen molar-refractivity contribution in [2.75, 3.05) is 16.4 Å². The van der Waals surface area contributed by atoms with E-state index < -0.39 is 4.92 Å². The van der Waals surface area contributed by atoms with Crippen LogP contribution < -0.4 is 10.6 Å². The lowest BCUT2D eigenvalue weighted by atomic mass is 10.2. The second-order valence-electron chi connectivity index (χ2n) is 5.46. The molecule has 138 valence electrons. The van der Waals surface area contributed by atoms with E-state index in [4.69, 9.17) is 0 Å². The number of aryl methyl sites for hydroxylation is 1. The number of non-ortho nitro benzene ring substituents is 1. The molecule has 0 fully saturated rings. The van der Waals surface area contributed by atoms with Crippen molar-refractivity contribution >= 4 is 51.2 Å². The van der Waals surface area contributed by atoms with Gasteiger partial charge in [-0.15, -0.1) is 10.2 Å². The summed E-state index contributed by atoms with van der Waals surface area (Å²) in [5.41, 5.74) is 2.02. The lowest BCUT2D eigenvalue weighted by molar-refractivity contribution is -0.384. The molecule has 3 aromatic rings. The van der Waals surface area contributed by atoms with Gasteiger partial charge in [0.25, 0.3) is 5.69 Å². The fourth-order valence-electron chi connectivity index (χ4n) is 2.14. The molecule has 0 saturated carbocycles. The highest BCUT2D eigenvalue weighted by atomic mass is 32.2. The van der Waals surface area contributed by atoms with Crippen LogP contribution in [0.4, 0.5) is 22.2 Å². The molecular formula is C17H15N5O3S2. The molecule has 1 aromatic heterocycles. The first-order valence-electron chi connectivity index (χ1n) is 7.84. The average Bonchev–Trinajstić information content (AvgIpc) is 3.10. The molecule has 0 atom stereocenters. The quantitative estimate of drug-likeness (QED) is 0.346. The first kappa shape index (κ1) is 18.8. The van der Waals surface area contributed by atoms with Gasteiger partial charge in [0.1, 0.15) is 0 Å². The highest BCUT2D eigenvalue weighted by molar-refractivity contribution is 8.01. The van der Waals surface area contributed by atoms with E-state index in [1.165, 1.54) is 35.2 Å². The van der Waals surface area contributed by atoms with Crippen LogP contribution in [-0.4, -0.2) is 26.8 Å². The van der Waals surface area contributed by atoms with Gasteiger partial charge >= 0.3 is 0 Å². The maximum absolute atomic E-state index is 12.2. The zero-order valence-corrected chi connectivity index (χ0v) is 15.8. The number of anilines is 3. The highest BCUT2D eigenvalue weighted by Gasteiger charge is 2.13. The Kier molecular flexibility index (Phi) is 5.99. The second kappa shape index (κ2) is 8.60. The Balaban J connectivity index is 1.55. The van der Waals surface area contributed by atoms with E-state index in [1.807, 2.05) is 30.3 Å². The van der Waals surface area contributed by atoms with Gasteiger partial charge in [0.15, 0.2) is 4.34 Å². The molecule has 0 bridgehead atoms. The first-order valence-corrected chi connectivity index (χ1v) is 9.65. The van der Waals surface area contributed by atoms with Crippen molar-refractivity contribution in [1.29, 1.82) is 0 Å². The SMILES string of the molecule is Cc1ccc([N+](=O)[O-])cc1NC(=O)CSc1nnc(Nc2ccccc2)s1. The Morgan fingerprint density at radius 3 is 2.74 bits per heavy atom. The number of nitro benzene ring substituents is 1. The molecule has 0 saturated heterocycles. The number of carbonyl (C=O) groups is 1. The van der Waals surface area contributed by atoms with Crippen LogP contribution in [-0.2, 0) is 4.79 Å². The van der Waals surface area contributed by atoms with E-state index in [0.717, 1.165) is 11.3 Å². The van der Waals surface area contributed by atoms with Crippen LogP contribution in [0.3, 0.4) is 0 Å². The smallest absolute Gasteiger partial charge is 0.271 e. The number of amides is 1. The van der Waals surface area contributed by atoms with Crippen molar-refractivity contribution in [3.05, 3.63) is 64.2 Å². The summed E-state index contributed by atoms with van der Waals surface area (Å²) in [4.78, 5) is 22.5. The first-order chi connectivity index (χ1) is 13.0. The zero-order chi connectivity index (χ0) is 19.2. The minimum Gasteiger partial charge on any atom is -0.330 e. The van der Waals surface area contributed by atoms with Crippen LogP contribution >= 0.6 is 23.1 Å². The van der Waals surface area contributed by atoms with E-state index in [0.29, 0.717) is 15.2 Å². The number of nitrogens with zero attached hydrogens (tertiary/aromatic N) is 3. The van der Waals surface area contributed by atoms with Crippen molar-refractivity contribution in [2.24, 2.45) is 0 Å². The molecule has 0 radical (unpaired) electrons. The topological polar surface area (TPSA) is 110 Å². The number of para-hydroxylation sites is 1. The van der Waals surface area contributed by atoms with Gasteiger partial charge in [0.2, 0.25) is 11.0 Å². The zero-order valence-electron chi connectivity index (χ0n) is 14.2. The lowest BCUT2D eigenvalue weighted by Crippen LogP contribution is -2.15. The van der Waals surface area contributed by atoms with E-state index in [2.05, 4.69) is 20.8 Å². The summed E-state index contributed by atoms with van der Waals surface area (Å²) in [7, 11) is 0. The monoisotopic (exact) mass is 401 g/mol.